The van der Waals surface area contributed by atoms with Gasteiger partial charge in [-0.1, -0.05) is 0 Å². The minimum Gasteiger partial charge on any atom is -0.468 e. The Labute approximate surface area is 72.8 Å². The van der Waals surface area contributed by atoms with E-state index < -0.39 is 0 Å². The molecule has 1 N–H and O–H groups in total. The Kier molecular flexibility index (Phi) is 3.05. The Hall–Kier alpha value is -0.610. The zero-order valence-electron chi connectivity index (χ0n) is 7.83. The van der Waals surface area contributed by atoms with Crippen LogP contribution in [0.2, 0.25) is 0 Å². The zero-order chi connectivity index (χ0) is 9.14. The van der Waals surface area contributed by atoms with Crippen molar-refractivity contribution in [3.05, 3.63) is 0 Å². The van der Waals surface area contributed by atoms with Gasteiger partial charge in [-0.2, -0.15) is 0 Å². The van der Waals surface area contributed by atoms with E-state index in [0.29, 0.717) is 5.92 Å². The molecule has 1 saturated carbocycles. The highest BCUT2D eigenvalue weighted by molar-refractivity contribution is 5.76. The molecular weight excluding hydrogens is 156 g/mol. The molecule has 1 aliphatic carbocycles. The van der Waals surface area contributed by atoms with E-state index in [1.807, 2.05) is 14.1 Å². The summed E-state index contributed by atoms with van der Waals surface area (Å²) in [6.45, 7) is 0. The molecule has 0 aromatic carbocycles. The fraction of sp³-hybridized carbons (Fsp3) is 0.875. The van der Waals surface area contributed by atoms with Crippen LogP contribution < -0.4 is 5.43 Å². The van der Waals surface area contributed by atoms with Crippen LogP contribution in [-0.2, 0) is 9.53 Å². The highest BCUT2D eigenvalue weighted by Gasteiger charge is 2.37. The first kappa shape index (κ1) is 9.48. The topological polar surface area (TPSA) is 41.6 Å². The first-order valence-electron chi connectivity index (χ1n) is 4.16. The number of carbonyl (C=O) groups is 1. The summed E-state index contributed by atoms with van der Waals surface area (Å²) in [7, 11) is 5.17. The predicted molar refractivity (Wildman–Crippen MR) is 45.4 cm³/mol. The molecule has 1 fully saturated rings. The Balaban J connectivity index is 2.42. The number of hydrogen-bond acceptors (Lipinski definition) is 4. The van der Waals surface area contributed by atoms with E-state index >= 15 is 0 Å². The largest absolute Gasteiger partial charge is 0.468 e. The lowest BCUT2D eigenvalue weighted by Gasteiger charge is -2.20. The number of hydrogen-bond donors (Lipinski definition) is 1. The maximum atomic E-state index is 11.2. The Morgan fingerprint density at radius 2 is 2.17 bits per heavy atom. The summed E-state index contributed by atoms with van der Waals surface area (Å²) in [6, 6.07) is -0.148. The van der Waals surface area contributed by atoms with Gasteiger partial charge in [-0.05, 0) is 18.8 Å². The van der Waals surface area contributed by atoms with Gasteiger partial charge in [0.25, 0.3) is 0 Å². The molecule has 0 radical (unpaired) electrons. The summed E-state index contributed by atoms with van der Waals surface area (Å²) in [4.78, 5) is 11.2. The van der Waals surface area contributed by atoms with E-state index in [0.717, 1.165) is 12.8 Å². The fourth-order valence-corrected chi connectivity index (χ4v) is 1.19. The number of rotatable bonds is 4. The number of carbonyl (C=O) groups excluding carboxylic acids is 1. The normalized spacial score (nSPS) is 19.3. The molecule has 0 aromatic heterocycles. The van der Waals surface area contributed by atoms with Crippen molar-refractivity contribution in [2.24, 2.45) is 5.92 Å². The smallest absolute Gasteiger partial charge is 0.324 e. The van der Waals surface area contributed by atoms with E-state index in [4.69, 9.17) is 0 Å². The number of esters is 1. The van der Waals surface area contributed by atoms with Crippen LogP contribution in [0.25, 0.3) is 0 Å². The van der Waals surface area contributed by atoms with Gasteiger partial charge in [0, 0.05) is 14.1 Å². The van der Waals surface area contributed by atoms with Crippen LogP contribution in [0.5, 0.6) is 0 Å². The lowest BCUT2D eigenvalue weighted by molar-refractivity contribution is -0.145. The molecular formula is C8H16N2O2. The predicted octanol–water partition coefficient (Wildman–Crippen LogP) is 0.00420. The summed E-state index contributed by atoms with van der Waals surface area (Å²) >= 11 is 0. The van der Waals surface area contributed by atoms with Gasteiger partial charge in [-0.15, -0.1) is 0 Å². The molecule has 0 heterocycles. The van der Waals surface area contributed by atoms with Crippen molar-refractivity contribution in [2.45, 2.75) is 18.9 Å². The van der Waals surface area contributed by atoms with Crippen LogP contribution in [-0.4, -0.2) is 38.2 Å². The van der Waals surface area contributed by atoms with Crippen LogP contribution in [0.4, 0.5) is 0 Å². The Bertz CT molecular complexity index is 166. The van der Waals surface area contributed by atoms with Crippen molar-refractivity contribution in [1.29, 1.82) is 0 Å². The molecule has 4 nitrogen and oxygen atoms in total. The maximum absolute atomic E-state index is 11.2. The summed E-state index contributed by atoms with van der Waals surface area (Å²) in [6.07, 6.45) is 2.25. The molecule has 0 bridgehead atoms. The third-order valence-electron chi connectivity index (χ3n) is 1.95. The third-order valence-corrected chi connectivity index (χ3v) is 1.95. The Morgan fingerprint density at radius 3 is 2.50 bits per heavy atom. The van der Waals surface area contributed by atoms with Crippen LogP contribution in [0.1, 0.15) is 12.8 Å². The minimum absolute atomic E-state index is 0.148. The summed E-state index contributed by atoms with van der Waals surface area (Å²) in [5.74, 6) is 0.311. The van der Waals surface area contributed by atoms with Gasteiger partial charge in [0.15, 0.2) is 0 Å². The van der Waals surface area contributed by atoms with Crippen molar-refractivity contribution < 1.29 is 9.53 Å². The van der Waals surface area contributed by atoms with Gasteiger partial charge in [0.05, 0.1) is 7.11 Å². The first-order valence-corrected chi connectivity index (χ1v) is 4.16. The van der Waals surface area contributed by atoms with Gasteiger partial charge in [-0.25, -0.2) is 10.4 Å². The highest BCUT2D eigenvalue weighted by atomic mass is 16.5. The second-order valence-corrected chi connectivity index (χ2v) is 3.36. The maximum Gasteiger partial charge on any atom is 0.324 e. The molecule has 0 aromatic rings. The second kappa shape index (κ2) is 3.87. The molecule has 1 atom stereocenters. The van der Waals surface area contributed by atoms with Crippen molar-refractivity contribution >= 4 is 5.97 Å². The molecule has 12 heavy (non-hydrogen) atoms. The lowest BCUT2D eigenvalue weighted by Crippen LogP contribution is -2.46. The van der Waals surface area contributed by atoms with E-state index in [2.05, 4.69) is 10.2 Å². The van der Waals surface area contributed by atoms with Crippen molar-refractivity contribution in [3.63, 3.8) is 0 Å². The number of methoxy groups -OCH3 is 1. The highest BCUT2D eigenvalue weighted by Crippen LogP contribution is 2.33. The standard InChI is InChI=1S/C8H16N2O2/c1-10(2)9-7(6-4-5-6)8(11)12-3/h6-7,9H,4-5H2,1-3H3. The van der Waals surface area contributed by atoms with Crippen molar-refractivity contribution in [2.75, 3.05) is 21.2 Å². The van der Waals surface area contributed by atoms with Gasteiger partial charge >= 0.3 is 5.97 Å². The molecule has 0 spiro atoms. The van der Waals surface area contributed by atoms with E-state index in [9.17, 15) is 4.79 Å². The molecule has 0 saturated heterocycles. The average Bonchev–Trinajstić information content (AvgIpc) is 2.81. The van der Waals surface area contributed by atoms with Crippen molar-refractivity contribution in [1.82, 2.24) is 10.4 Å². The number of ether oxygens (including phenoxy) is 1. The first-order chi connectivity index (χ1) is 5.65. The van der Waals surface area contributed by atoms with Gasteiger partial charge in [0.1, 0.15) is 6.04 Å². The molecule has 1 aliphatic rings. The minimum atomic E-state index is -0.161. The third kappa shape index (κ3) is 2.46. The monoisotopic (exact) mass is 172 g/mol. The SMILES string of the molecule is COC(=O)C(NN(C)C)C1CC1. The average molecular weight is 172 g/mol. The molecule has 1 rings (SSSR count). The van der Waals surface area contributed by atoms with Crippen LogP contribution >= 0.6 is 0 Å². The molecule has 70 valence electrons. The summed E-state index contributed by atoms with van der Waals surface area (Å²) in [5, 5.41) is 1.79. The molecule has 1 unspecified atom stereocenters. The molecule has 0 aliphatic heterocycles. The van der Waals surface area contributed by atoms with Gasteiger partial charge in [-0.3, -0.25) is 4.79 Å². The van der Waals surface area contributed by atoms with Crippen LogP contribution in [0.3, 0.4) is 0 Å². The van der Waals surface area contributed by atoms with E-state index in [1.54, 1.807) is 5.01 Å². The number of hydrazine groups is 1. The quantitative estimate of drug-likeness (QED) is 0.479. The number of nitrogens with one attached hydrogen (secondary N) is 1. The molecule has 4 heteroatoms. The van der Waals surface area contributed by atoms with E-state index in [1.165, 1.54) is 7.11 Å². The van der Waals surface area contributed by atoms with Gasteiger partial charge < -0.3 is 4.74 Å². The lowest BCUT2D eigenvalue weighted by atomic mass is 10.2. The summed E-state index contributed by atoms with van der Waals surface area (Å²) < 4.78 is 4.69. The number of nitrogens with zero attached hydrogens (tertiary/aromatic N) is 1. The zero-order valence-corrected chi connectivity index (χ0v) is 7.83. The molecule has 0 amide bonds. The second-order valence-electron chi connectivity index (χ2n) is 3.36. The van der Waals surface area contributed by atoms with Crippen molar-refractivity contribution in [3.8, 4) is 0 Å². The van der Waals surface area contributed by atoms with Crippen LogP contribution in [0, 0.1) is 5.92 Å². The Morgan fingerprint density at radius 1 is 1.58 bits per heavy atom. The fourth-order valence-electron chi connectivity index (χ4n) is 1.19. The van der Waals surface area contributed by atoms with Gasteiger partial charge in [0.2, 0.25) is 0 Å². The van der Waals surface area contributed by atoms with E-state index in [-0.39, 0.29) is 12.0 Å². The summed E-state index contributed by atoms with van der Waals surface area (Å²) in [5.41, 5.74) is 3.05. The van der Waals surface area contributed by atoms with Crippen LogP contribution in [0.15, 0.2) is 0 Å².